The molecule has 0 bridgehead atoms. The normalized spacial score (nSPS) is 13.6. The summed E-state index contributed by atoms with van der Waals surface area (Å²) in [6.07, 6.45) is 0. The maximum Gasteiger partial charge on any atom is 0.282 e. The summed E-state index contributed by atoms with van der Waals surface area (Å²) in [6, 6.07) is 20.1. The second kappa shape index (κ2) is 8.59. The van der Waals surface area contributed by atoms with Crippen LogP contribution in [0.2, 0.25) is 0 Å². The fourth-order valence-corrected chi connectivity index (χ4v) is 3.68. The molecule has 0 unspecified atom stereocenters. The van der Waals surface area contributed by atoms with Gasteiger partial charge in [-0.1, -0.05) is 42.0 Å². The molecule has 6 nitrogen and oxygen atoms in total. The monoisotopic (exact) mass is 428 g/mol. The number of hydrogen-bond acceptors (Lipinski definition) is 5. The first-order valence-corrected chi connectivity index (χ1v) is 10.2. The highest BCUT2D eigenvalue weighted by Gasteiger charge is 2.40. The molecular formula is C26H24N2O4. The molecule has 1 heterocycles. The highest BCUT2D eigenvalue weighted by Crippen LogP contribution is 2.37. The van der Waals surface area contributed by atoms with E-state index in [-0.39, 0.29) is 11.3 Å². The Labute approximate surface area is 187 Å². The first-order valence-electron chi connectivity index (χ1n) is 10.2. The second-order valence-electron chi connectivity index (χ2n) is 7.54. The van der Waals surface area contributed by atoms with Crippen molar-refractivity contribution in [3.63, 3.8) is 0 Å². The van der Waals surface area contributed by atoms with Gasteiger partial charge in [0.05, 0.1) is 25.5 Å². The Balaban J connectivity index is 1.86. The van der Waals surface area contributed by atoms with Crippen molar-refractivity contribution in [3.8, 4) is 11.5 Å². The van der Waals surface area contributed by atoms with Crippen LogP contribution in [0, 0.1) is 13.8 Å². The van der Waals surface area contributed by atoms with E-state index in [2.05, 4.69) is 5.32 Å². The van der Waals surface area contributed by atoms with E-state index in [0.29, 0.717) is 22.7 Å². The number of ether oxygens (including phenoxy) is 2. The van der Waals surface area contributed by atoms with Crippen molar-refractivity contribution in [2.45, 2.75) is 13.8 Å². The van der Waals surface area contributed by atoms with Gasteiger partial charge in [-0.2, -0.15) is 0 Å². The van der Waals surface area contributed by atoms with Crippen LogP contribution in [0.4, 0.5) is 11.4 Å². The number of amides is 2. The van der Waals surface area contributed by atoms with Crippen LogP contribution in [-0.2, 0) is 9.59 Å². The third-order valence-electron chi connectivity index (χ3n) is 5.45. The van der Waals surface area contributed by atoms with E-state index >= 15 is 0 Å². The van der Waals surface area contributed by atoms with Crippen molar-refractivity contribution >= 4 is 28.8 Å². The molecule has 0 aliphatic carbocycles. The SMILES string of the molecule is COc1ccc(C2=C(Nc3ccccc3C)C(=O)N(c3ccc(C)cc3)C2=O)cc1OC. The van der Waals surface area contributed by atoms with Crippen molar-refractivity contribution in [3.05, 3.63) is 89.1 Å². The molecule has 1 aliphatic heterocycles. The molecule has 32 heavy (non-hydrogen) atoms. The van der Waals surface area contributed by atoms with E-state index in [0.717, 1.165) is 16.8 Å². The Bertz CT molecular complexity index is 1230. The zero-order valence-electron chi connectivity index (χ0n) is 18.4. The standard InChI is InChI=1S/C26H24N2O4/c1-16-9-12-19(13-10-16)28-25(29)23(18-11-14-21(31-3)22(15-18)32-4)24(26(28)30)27-20-8-6-5-7-17(20)2/h5-15,27H,1-4H3. The molecule has 0 atom stereocenters. The summed E-state index contributed by atoms with van der Waals surface area (Å²) in [4.78, 5) is 28.3. The molecule has 0 saturated heterocycles. The van der Waals surface area contributed by atoms with E-state index in [9.17, 15) is 9.59 Å². The number of aryl methyl sites for hydroxylation is 2. The number of rotatable bonds is 6. The highest BCUT2D eigenvalue weighted by atomic mass is 16.5. The lowest BCUT2D eigenvalue weighted by atomic mass is 10.0. The second-order valence-corrected chi connectivity index (χ2v) is 7.54. The molecule has 0 saturated carbocycles. The summed E-state index contributed by atoms with van der Waals surface area (Å²) in [5.74, 6) is 0.202. The smallest absolute Gasteiger partial charge is 0.282 e. The zero-order chi connectivity index (χ0) is 22.8. The minimum absolute atomic E-state index is 0.220. The molecule has 0 fully saturated rings. The van der Waals surface area contributed by atoms with Gasteiger partial charge in [0.2, 0.25) is 0 Å². The fourth-order valence-electron chi connectivity index (χ4n) is 3.68. The highest BCUT2D eigenvalue weighted by molar-refractivity contribution is 6.46. The first-order chi connectivity index (χ1) is 15.4. The van der Waals surface area contributed by atoms with Crippen LogP contribution in [0.15, 0.2) is 72.4 Å². The third kappa shape index (κ3) is 3.71. The van der Waals surface area contributed by atoms with Crippen molar-refractivity contribution in [1.82, 2.24) is 0 Å². The molecule has 6 heteroatoms. The van der Waals surface area contributed by atoms with Crippen LogP contribution >= 0.6 is 0 Å². The topological polar surface area (TPSA) is 67.9 Å². The van der Waals surface area contributed by atoms with Crippen LogP contribution in [0.1, 0.15) is 16.7 Å². The van der Waals surface area contributed by atoms with E-state index in [1.807, 2.05) is 50.2 Å². The Kier molecular flexibility index (Phi) is 5.69. The number of hydrogen-bond donors (Lipinski definition) is 1. The maximum atomic E-state index is 13.6. The summed E-state index contributed by atoms with van der Waals surface area (Å²) >= 11 is 0. The molecular weight excluding hydrogens is 404 g/mol. The molecule has 0 radical (unpaired) electrons. The largest absolute Gasteiger partial charge is 0.493 e. The molecule has 162 valence electrons. The summed E-state index contributed by atoms with van der Waals surface area (Å²) < 4.78 is 10.7. The van der Waals surface area contributed by atoms with Crippen LogP contribution in [-0.4, -0.2) is 26.0 Å². The molecule has 3 aromatic rings. The summed E-state index contributed by atoms with van der Waals surface area (Å²) in [6.45, 7) is 3.90. The molecule has 0 aromatic heterocycles. The predicted octanol–water partition coefficient (Wildman–Crippen LogP) is 4.72. The maximum absolute atomic E-state index is 13.6. The molecule has 1 aliphatic rings. The lowest BCUT2D eigenvalue weighted by Crippen LogP contribution is -2.32. The number of para-hydroxylation sites is 1. The average molecular weight is 428 g/mol. The van der Waals surface area contributed by atoms with Gasteiger partial charge >= 0.3 is 0 Å². The van der Waals surface area contributed by atoms with Crippen LogP contribution in [0.3, 0.4) is 0 Å². The molecule has 0 spiro atoms. The minimum Gasteiger partial charge on any atom is -0.493 e. The first kappa shape index (κ1) is 21.2. The number of carbonyl (C=O) groups is 2. The summed E-state index contributed by atoms with van der Waals surface area (Å²) in [5.41, 5.74) is 4.33. The van der Waals surface area contributed by atoms with Crippen LogP contribution in [0.5, 0.6) is 11.5 Å². The average Bonchev–Trinajstić information content (AvgIpc) is 3.04. The number of anilines is 2. The van der Waals surface area contributed by atoms with E-state index in [1.165, 1.54) is 12.0 Å². The fraction of sp³-hybridized carbons (Fsp3) is 0.154. The van der Waals surface area contributed by atoms with Gasteiger partial charge in [0.1, 0.15) is 5.70 Å². The Morgan fingerprint density at radius 2 is 1.47 bits per heavy atom. The van der Waals surface area contributed by atoms with Gasteiger partial charge in [-0.15, -0.1) is 0 Å². The molecule has 4 rings (SSSR count). The number of methoxy groups -OCH3 is 2. The summed E-state index contributed by atoms with van der Waals surface area (Å²) in [7, 11) is 3.08. The number of nitrogens with zero attached hydrogens (tertiary/aromatic N) is 1. The van der Waals surface area contributed by atoms with E-state index < -0.39 is 11.8 Å². The Hall–Kier alpha value is -4.06. The Morgan fingerprint density at radius 1 is 0.781 bits per heavy atom. The summed E-state index contributed by atoms with van der Waals surface area (Å²) in [5, 5.41) is 3.21. The third-order valence-corrected chi connectivity index (χ3v) is 5.45. The van der Waals surface area contributed by atoms with Gasteiger partial charge in [0.15, 0.2) is 11.5 Å². The zero-order valence-corrected chi connectivity index (χ0v) is 18.4. The van der Waals surface area contributed by atoms with Gasteiger partial charge in [-0.3, -0.25) is 9.59 Å². The van der Waals surface area contributed by atoms with Crippen molar-refractivity contribution < 1.29 is 19.1 Å². The van der Waals surface area contributed by atoms with E-state index in [4.69, 9.17) is 9.47 Å². The minimum atomic E-state index is -0.410. The van der Waals surface area contributed by atoms with Gasteiger partial charge in [-0.05, 0) is 55.3 Å². The number of benzene rings is 3. The van der Waals surface area contributed by atoms with Crippen molar-refractivity contribution in [2.75, 3.05) is 24.4 Å². The predicted molar refractivity (Wildman–Crippen MR) is 125 cm³/mol. The van der Waals surface area contributed by atoms with Gasteiger partial charge < -0.3 is 14.8 Å². The number of nitrogens with one attached hydrogen (secondary N) is 1. The molecule has 2 amide bonds. The van der Waals surface area contributed by atoms with Crippen LogP contribution in [0.25, 0.3) is 5.57 Å². The number of carbonyl (C=O) groups excluding carboxylic acids is 2. The van der Waals surface area contributed by atoms with Crippen molar-refractivity contribution in [2.24, 2.45) is 0 Å². The van der Waals surface area contributed by atoms with E-state index in [1.54, 1.807) is 37.4 Å². The van der Waals surface area contributed by atoms with Gasteiger partial charge in [0, 0.05) is 5.69 Å². The van der Waals surface area contributed by atoms with Crippen molar-refractivity contribution in [1.29, 1.82) is 0 Å². The quantitative estimate of drug-likeness (QED) is 0.576. The molecule has 1 N–H and O–H groups in total. The van der Waals surface area contributed by atoms with Crippen LogP contribution < -0.4 is 19.7 Å². The van der Waals surface area contributed by atoms with Gasteiger partial charge in [-0.25, -0.2) is 4.90 Å². The number of imide groups is 1. The van der Waals surface area contributed by atoms with Gasteiger partial charge in [0.25, 0.3) is 11.8 Å². The lowest BCUT2D eigenvalue weighted by Gasteiger charge is -2.16. The molecule has 3 aromatic carbocycles. The lowest BCUT2D eigenvalue weighted by molar-refractivity contribution is -0.120. The Morgan fingerprint density at radius 3 is 2.12 bits per heavy atom.